The van der Waals surface area contributed by atoms with Crippen molar-refractivity contribution >= 4 is 17.7 Å². The van der Waals surface area contributed by atoms with Gasteiger partial charge in [0.2, 0.25) is 0 Å². The summed E-state index contributed by atoms with van der Waals surface area (Å²) in [6, 6.07) is 3.29. The van der Waals surface area contributed by atoms with Gasteiger partial charge in [-0.1, -0.05) is 6.92 Å². The molecular formula is C13H19N3O4. The summed E-state index contributed by atoms with van der Waals surface area (Å²) in [7, 11) is 1.94. The first-order valence-corrected chi connectivity index (χ1v) is 6.23. The van der Waals surface area contributed by atoms with Crippen molar-refractivity contribution in [3.8, 4) is 5.75 Å². The van der Waals surface area contributed by atoms with E-state index in [0.717, 1.165) is 12.6 Å². The first-order valence-electron chi connectivity index (χ1n) is 6.23. The molecule has 0 heterocycles. The van der Waals surface area contributed by atoms with E-state index in [1.165, 1.54) is 12.1 Å². The Bertz CT molecular complexity index is 491. The van der Waals surface area contributed by atoms with Gasteiger partial charge >= 0.3 is 12.0 Å². The third-order valence-corrected chi connectivity index (χ3v) is 2.81. The van der Waals surface area contributed by atoms with Crippen LogP contribution in [0, 0.1) is 0 Å². The number of urea groups is 1. The average Bonchev–Trinajstić information content (AvgIpc) is 2.40. The van der Waals surface area contributed by atoms with E-state index in [-0.39, 0.29) is 17.0 Å². The molecule has 0 saturated carbocycles. The molecule has 0 fully saturated rings. The molecule has 0 aliphatic carbocycles. The van der Waals surface area contributed by atoms with Gasteiger partial charge < -0.3 is 25.7 Å². The molecule has 0 bridgehead atoms. The lowest BCUT2D eigenvalue weighted by Crippen LogP contribution is -2.35. The fourth-order valence-electron chi connectivity index (χ4n) is 1.46. The Morgan fingerprint density at radius 3 is 2.60 bits per heavy atom. The monoisotopic (exact) mass is 281 g/mol. The van der Waals surface area contributed by atoms with Gasteiger partial charge in [-0.2, -0.15) is 0 Å². The number of carbonyl (C=O) groups excluding carboxylic acids is 1. The second kappa shape index (κ2) is 7.34. The summed E-state index contributed by atoms with van der Waals surface area (Å²) in [5.74, 6) is -1.43. The number of phenolic OH excluding ortho intramolecular Hbond substituents is 1. The van der Waals surface area contributed by atoms with E-state index in [0.29, 0.717) is 13.1 Å². The molecule has 0 unspecified atom stereocenters. The first kappa shape index (κ1) is 15.8. The molecule has 1 aromatic carbocycles. The molecule has 4 N–H and O–H groups in total. The number of carbonyl (C=O) groups is 2. The maximum atomic E-state index is 11.6. The van der Waals surface area contributed by atoms with Crippen molar-refractivity contribution in [1.29, 1.82) is 0 Å². The second-order valence-electron chi connectivity index (χ2n) is 4.31. The van der Waals surface area contributed by atoms with Gasteiger partial charge in [0, 0.05) is 13.1 Å². The Morgan fingerprint density at radius 1 is 1.35 bits per heavy atom. The van der Waals surface area contributed by atoms with Crippen LogP contribution >= 0.6 is 0 Å². The van der Waals surface area contributed by atoms with E-state index in [9.17, 15) is 14.7 Å². The number of benzene rings is 1. The number of hydrogen-bond acceptors (Lipinski definition) is 4. The van der Waals surface area contributed by atoms with Crippen LogP contribution in [0.25, 0.3) is 0 Å². The number of anilines is 1. The number of carboxylic acids is 1. The van der Waals surface area contributed by atoms with Crippen LogP contribution in [-0.2, 0) is 0 Å². The summed E-state index contributed by atoms with van der Waals surface area (Å²) in [4.78, 5) is 24.3. The SMILES string of the molecule is CCN(C)CCNC(=O)Nc1ccc(C(=O)O)cc1O. The summed E-state index contributed by atoms with van der Waals surface area (Å²) in [6.45, 7) is 4.10. The molecule has 2 amide bonds. The smallest absolute Gasteiger partial charge is 0.335 e. The highest BCUT2D eigenvalue weighted by Gasteiger charge is 2.09. The molecule has 0 saturated heterocycles. The minimum absolute atomic E-state index is 0.0435. The maximum absolute atomic E-state index is 11.6. The third-order valence-electron chi connectivity index (χ3n) is 2.81. The minimum Gasteiger partial charge on any atom is -0.506 e. The van der Waals surface area contributed by atoms with E-state index in [1.807, 2.05) is 18.9 Å². The van der Waals surface area contributed by atoms with Gasteiger partial charge in [0.05, 0.1) is 11.3 Å². The molecule has 0 aromatic heterocycles. The molecule has 0 radical (unpaired) electrons. The number of nitrogens with zero attached hydrogens (tertiary/aromatic N) is 1. The lowest BCUT2D eigenvalue weighted by atomic mass is 10.2. The Hall–Kier alpha value is -2.28. The van der Waals surface area contributed by atoms with Crippen molar-refractivity contribution in [3.05, 3.63) is 23.8 Å². The van der Waals surface area contributed by atoms with Gasteiger partial charge in [0.15, 0.2) is 0 Å². The zero-order chi connectivity index (χ0) is 15.1. The molecule has 0 aliphatic rings. The predicted molar refractivity (Wildman–Crippen MR) is 75.3 cm³/mol. The van der Waals surface area contributed by atoms with Crippen molar-refractivity contribution in [2.45, 2.75) is 6.92 Å². The van der Waals surface area contributed by atoms with Gasteiger partial charge in [-0.3, -0.25) is 0 Å². The zero-order valence-electron chi connectivity index (χ0n) is 11.5. The van der Waals surface area contributed by atoms with Crippen molar-refractivity contribution < 1.29 is 19.8 Å². The zero-order valence-corrected chi connectivity index (χ0v) is 11.5. The number of amides is 2. The van der Waals surface area contributed by atoms with E-state index >= 15 is 0 Å². The van der Waals surface area contributed by atoms with E-state index in [1.54, 1.807) is 0 Å². The summed E-state index contributed by atoms with van der Waals surface area (Å²) in [5, 5.41) is 23.5. The number of carboxylic acid groups (broad SMARTS) is 1. The molecule has 0 atom stereocenters. The molecular weight excluding hydrogens is 262 g/mol. The number of rotatable bonds is 6. The topological polar surface area (TPSA) is 102 Å². The highest BCUT2D eigenvalue weighted by Crippen LogP contribution is 2.24. The first-order chi connectivity index (χ1) is 9.43. The van der Waals surface area contributed by atoms with Crippen LogP contribution < -0.4 is 10.6 Å². The van der Waals surface area contributed by atoms with Crippen LogP contribution in [0.4, 0.5) is 10.5 Å². The van der Waals surface area contributed by atoms with Crippen LogP contribution in [0.15, 0.2) is 18.2 Å². The van der Waals surface area contributed by atoms with E-state index in [2.05, 4.69) is 10.6 Å². The van der Waals surface area contributed by atoms with Gasteiger partial charge in [-0.15, -0.1) is 0 Å². The highest BCUT2D eigenvalue weighted by atomic mass is 16.4. The molecule has 0 spiro atoms. The summed E-state index contributed by atoms with van der Waals surface area (Å²) < 4.78 is 0. The van der Waals surface area contributed by atoms with Crippen LogP contribution in [0.3, 0.4) is 0 Å². The van der Waals surface area contributed by atoms with Crippen LogP contribution in [0.5, 0.6) is 5.75 Å². The number of hydrogen-bond donors (Lipinski definition) is 4. The van der Waals surface area contributed by atoms with Crippen LogP contribution in [0.2, 0.25) is 0 Å². The van der Waals surface area contributed by atoms with Crippen molar-refractivity contribution in [3.63, 3.8) is 0 Å². The Morgan fingerprint density at radius 2 is 2.05 bits per heavy atom. The standard InChI is InChI=1S/C13H19N3O4/c1-3-16(2)7-6-14-13(20)15-10-5-4-9(12(18)19)8-11(10)17/h4-5,8,17H,3,6-7H2,1-2H3,(H,18,19)(H2,14,15,20). The average molecular weight is 281 g/mol. The Kier molecular flexibility index (Phi) is 5.79. The Labute approximate surface area is 117 Å². The number of phenols is 1. The summed E-state index contributed by atoms with van der Waals surface area (Å²) in [6.07, 6.45) is 0. The lowest BCUT2D eigenvalue weighted by molar-refractivity contribution is 0.0696. The molecule has 110 valence electrons. The number of aromatic hydroxyl groups is 1. The van der Waals surface area contributed by atoms with Gasteiger partial charge in [0.25, 0.3) is 0 Å². The number of aromatic carboxylic acids is 1. The molecule has 20 heavy (non-hydrogen) atoms. The third kappa shape index (κ3) is 4.77. The number of nitrogens with one attached hydrogen (secondary N) is 2. The fourth-order valence-corrected chi connectivity index (χ4v) is 1.46. The molecule has 0 aliphatic heterocycles. The maximum Gasteiger partial charge on any atom is 0.335 e. The lowest BCUT2D eigenvalue weighted by Gasteiger charge is -2.14. The molecule has 1 aromatic rings. The molecule has 7 nitrogen and oxygen atoms in total. The highest BCUT2D eigenvalue weighted by molar-refractivity contribution is 5.93. The minimum atomic E-state index is -1.14. The summed E-state index contributed by atoms with van der Waals surface area (Å²) >= 11 is 0. The van der Waals surface area contributed by atoms with Crippen LogP contribution in [0.1, 0.15) is 17.3 Å². The number of likely N-dealkylation sites (N-methyl/N-ethyl adjacent to an activating group) is 1. The molecule has 7 heteroatoms. The van der Waals surface area contributed by atoms with Gasteiger partial charge in [-0.05, 0) is 31.8 Å². The fraction of sp³-hybridized carbons (Fsp3) is 0.385. The van der Waals surface area contributed by atoms with Crippen LogP contribution in [-0.4, -0.2) is 53.8 Å². The van der Waals surface area contributed by atoms with E-state index in [4.69, 9.17) is 5.11 Å². The second-order valence-corrected chi connectivity index (χ2v) is 4.31. The van der Waals surface area contributed by atoms with Crippen molar-refractivity contribution in [2.24, 2.45) is 0 Å². The largest absolute Gasteiger partial charge is 0.506 e. The predicted octanol–water partition coefficient (Wildman–Crippen LogP) is 1.16. The summed E-state index contributed by atoms with van der Waals surface area (Å²) in [5.41, 5.74) is 0.120. The quantitative estimate of drug-likeness (QED) is 0.586. The Balaban J connectivity index is 2.52. The van der Waals surface area contributed by atoms with E-state index < -0.39 is 12.0 Å². The molecule has 1 rings (SSSR count). The van der Waals surface area contributed by atoms with Gasteiger partial charge in [0.1, 0.15) is 5.75 Å². The normalized spacial score (nSPS) is 10.3. The van der Waals surface area contributed by atoms with Crippen molar-refractivity contribution in [1.82, 2.24) is 10.2 Å². The van der Waals surface area contributed by atoms with Gasteiger partial charge in [-0.25, -0.2) is 9.59 Å². The van der Waals surface area contributed by atoms with Crippen molar-refractivity contribution in [2.75, 3.05) is 32.0 Å².